The number of ether oxygens (including phenoxy) is 1. The average Bonchev–Trinajstić information content (AvgIpc) is 3.03. The fourth-order valence-electron chi connectivity index (χ4n) is 2.94. The van der Waals surface area contributed by atoms with Gasteiger partial charge in [0.1, 0.15) is 6.23 Å². The summed E-state index contributed by atoms with van der Waals surface area (Å²) in [6.45, 7) is 2.25. The number of aromatic nitrogens is 2. The van der Waals surface area contributed by atoms with Gasteiger partial charge < -0.3 is 24.3 Å². The van der Waals surface area contributed by atoms with Crippen LogP contribution >= 0.6 is 23.5 Å². The molecule has 1 aromatic rings. The molecule has 1 fully saturated rings. The predicted octanol–water partition coefficient (Wildman–Crippen LogP) is 0.648. The Hall–Kier alpha value is -1.64. The van der Waals surface area contributed by atoms with Gasteiger partial charge in [-0.25, -0.2) is 18.5 Å². The van der Waals surface area contributed by atoms with E-state index in [4.69, 9.17) is 20.1 Å². The molecular formula is C12H20N5O13P3. The Morgan fingerprint density at radius 3 is 2.39 bits per heavy atom. The van der Waals surface area contributed by atoms with Gasteiger partial charge in [-0.3, -0.25) is 18.5 Å². The van der Waals surface area contributed by atoms with Gasteiger partial charge in [0.25, 0.3) is 5.56 Å². The molecule has 0 aromatic carbocycles. The highest BCUT2D eigenvalue weighted by Gasteiger charge is 2.43. The molecule has 0 saturated carbocycles. The molecule has 0 bridgehead atoms. The van der Waals surface area contributed by atoms with E-state index in [-0.39, 0.29) is 18.5 Å². The first-order valence-electron chi connectivity index (χ1n) is 8.89. The van der Waals surface area contributed by atoms with E-state index in [1.165, 1.54) is 13.1 Å². The number of hydrogen-bond acceptors (Lipinski definition) is 10. The van der Waals surface area contributed by atoms with Gasteiger partial charge in [0.15, 0.2) is 0 Å². The Kier molecular flexibility index (Phi) is 8.63. The van der Waals surface area contributed by atoms with Crippen molar-refractivity contribution in [2.24, 2.45) is 5.11 Å². The SMILES string of the molecule is CCn1c(=O)c(C)cn([C@H]2C[C@H](N=[N+]=[N-])[C@@H](COP(=O)(O)OP(=O)(O)OP(=O)(O)O)O2)c1=O. The summed E-state index contributed by atoms with van der Waals surface area (Å²) in [7, 11) is -16.7. The van der Waals surface area contributed by atoms with Crippen molar-refractivity contribution >= 4 is 23.5 Å². The third-order valence-electron chi connectivity index (χ3n) is 4.22. The lowest BCUT2D eigenvalue weighted by Crippen LogP contribution is -2.41. The zero-order valence-corrected chi connectivity index (χ0v) is 19.7. The highest BCUT2D eigenvalue weighted by atomic mass is 31.3. The Morgan fingerprint density at radius 2 is 1.85 bits per heavy atom. The first kappa shape index (κ1) is 27.6. The Balaban J connectivity index is 2.21. The minimum Gasteiger partial charge on any atom is -0.352 e. The fourth-order valence-corrected chi connectivity index (χ4v) is 5.97. The van der Waals surface area contributed by atoms with Crippen molar-refractivity contribution in [3.05, 3.63) is 43.0 Å². The second kappa shape index (κ2) is 10.3. The van der Waals surface area contributed by atoms with Gasteiger partial charge in [0, 0.05) is 29.6 Å². The highest BCUT2D eigenvalue weighted by molar-refractivity contribution is 7.66. The van der Waals surface area contributed by atoms with Gasteiger partial charge in [-0.05, 0) is 19.4 Å². The van der Waals surface area contributed by atoms with Gasteiger partial charge in [0.2, 0.25) is 0 Å². The Morgan fingerprint density at radius 1 is 1.21 bits per heavy atom. The minimum absolute atomic E-state index is 0.0707. The topological polar surface area (TPSA) is 262 Å². The summed E-state index contributed by atoms with van der Waals surface area (Å²) >= 11 is 0. The number of phosphoric acid groups is 3. The van der Waals surface area contributed by atoms with Crippen molar-refractivity contribution < 1.29 is 51.2 Å². The zero-order valence-electron chi connectivity index (χ0n) is 17.0. The molecule has 4 N–H and O–H groups in total. The Labute approximate surface area is 184 Å². The summed E-state index contributed by atoms with van der Waals surface area (Å²) in [5, 5.41) is 3.46. The van der Waals surface area contributed by atoms with E-state index in [1.54, 1.807) is 6.92 Å². The van der Waals surface area contributed by atoms with E-state index in [2.05, 4.69) is 23.2 Å². The van der Waals surface area contributed by atoms with Gasteiger partial charge in [-0.1, -0.05) is 5.11 Å². The molecule has 33 heavy (non-hydrogen) atoms. The molecule has 0 radical (unpaired) electrons. The third kappa shape index (κ3) is 7.42. The molecule has 18 nitrogen and oxygen atoms in total. The van der Waals surface area contributed by atoms with Crippen LogP contribution in [0.2, 0.25) is 0 Å². The molecule has 2 unspecified atom stereocenters. The average molecular weight is 535 g/mol. The van der Waals surface area contributed by atoms with E-state index in [0.29, 0.717) is 0 Å². The van der Waals surface area contributed by atoms with Gasteiger partial charge in [0.05, 0.1) is 18.8 Å². The predicted molar refractivity (Wildman–Crippen MR) is 107 cm³/mol. The summed E-state index contributed by atoms with van der Waals surface area (Å²) in [5.41, 5.74) is 7.76. The maximum absolute atomic E-state index is 12.6. The molecule has 1 aliphatic heterocycles. The van der Waals surface area contributed by atoms with Crippen LogP contribution in [0.15, 0.2) is 20.9 Å². The van der Waals surface area contributed by atoms with Crippen molar-refractivity contribution in [2.45, 2.75) is 45.2 Å². The van der Waals surface area contributed by atoms with E-state index in [0.717, 1.165) is 9.13 Å². The summed E-state index contributed by atoms with van der Waals surface area (Å²) in [4.78, 5) is 63.1. The van der Waals surface area contributed by atoms with Crippen molar-refractivity contribution in [2.75, 3.05) is 6.61 Å². The molecule has 5 atom stereocenters. The van der Waals surface area contributed by atoms with E-state index in [1.807, 2.05) is 0 Å². The van der Waals surface area contributed by atoms with Crippen molar-refractivity contribution in [3.63, 3.8) is 0 Å². The molecule has 2 heterocycles. The second-order valence-corrected chi connectivity index (χ2v) is 11.0. The summed E-state index contributed by atoms with van der Waals surface area (Å²) in [6, 6.07) is -1.04. The largest absolute Gasteiger partial charge is 0.490 e. The summed E-state index contributed by atoms with van der Waals surface area (Å²) in [5.74, 6) is 0. The van der Waals surface area contributed by atoms with Crippen LogP contribution in [0.25, 0.3) is 10.4 Å². The fraction of sp³-hybridized carbons (Fsp3) is 0.667. The number of phosphoric ester groups is 1. The molecule has 1 saturated heterocycles. The van der Waals surface area contributed by atoms with E-state index >= 15 is 0 Å². The molecule has 0 aliphatic carbocycles. The van der Waals surface area contributed by atoms with Gasteiger partial charge in [-0.2, -0.15) is 8.62 Å². The second-order valence-electron chi connectivity index (χ2n) is 6.58. The van der Waals surface area contributed by atoms with Crippen LogP contribution in [0.4, 0.5) is 0 Å². The van der Waals surface area contributed by atoms with Crippen LogP contribution in [0.1, 0.15) is 25.1 Å². The number of hydrogen-bond donors (Lipinski definition) is 4. The van der Waals surface area contributed by atoms with E-state index < -0.39 is 59.7 Å². The van der Waals surface area contributed by atoms with E-state index in [9.17, 15) is 33.1 Å². The van der Waals surface area contributed by atoms with Crippen molar-refractivity contribution in [3.8, 4) is 0 Å². The number of azide groups is 1. The third-order valence-corrected chi connectivity index (χ3v) is 8.02. The minimum atomic E-state index is -5.71. The number of aryl methyl sites for hydroxylation is 1. The molecule has 1 aromatic heterocycles. The maximum Gasteiger partial charge on any atom is 0.490 e. The van der Waals surface area contributed by atoms with Gasteiger partial charge >= 0.3 is 29.2 Å². The standard InChI is InChI=1S/C12H20N5O13P3/c1-3-16-11(18)7(2)5-17(12(16)19)10-4-8(14-15-13)9(28-10)6-27-32(23,24)30-33(25,26)29-31(20,21)22/h5,8-10H,3-4,6H2,1-2H3,(H,23,24)(H,25,26)(H2,20,21,22)/t8-,9+,10+/m0/s1. The summed E-state index contributed by atoms with van der Waals surface area (Å²) < 4.78 is 53.3. The lowest BCUT2D eigenvalue weighted by Gasteiger charge is -2.20. The normalized spacial score (nSPS) is 24.6. The van der Waals surface area contributed by atoms with Gasteiger partial charge in [-0.15, -0.1) is 0 Å². The first-order chi connectivity index (χ1) is 15.1. The number of nitrogens with zero attached hydrogens (tertiary/aromatic N) is 5. The number of rotatable bonds is 10. The monoisotopic (exact) mass is 535 g/mol. The van der Waals surface area contributed by atoms with Crippen molar-refractivity contribution in [1.82, 2.24) is 9.13 Å². The zero-order chi connectivity index (χ0) is 25.2. The molecular weight excluding hydrogens is 515 g/mol. The summed E-state index contributed by atoms with van der Waals surface area (Å²) in [6.07, 6.45) is -1.20. The smallest absolute Gasteiger partial charge is 0.352 e. The molecule has 21 heteroatoms. The van der Waals surface area contributed by atoms with Crippen LogP contribution in [0.3, 0.4) is 0 Å². The maximum atomic E-state index is 12.6. The first-order valence-corrected chi connectivity index (χ1v) is 13.4. The van der Waals surface area contributed by atoms with Crippen LogP contribution in [0, 0.1) is 6.92 Å². The molecule has 1 aliphatic rings. The molecule has 186 valence electrons. The Bertz CT molecular complexity index is 1200. The lowest BCUT2D eigenvalue weighted by atomic mass is 10.1. The van der Waals surface area contributed by atoms with Crippen LogP contribution in [-0.2, 0) is 38.1 Å². The highest BCUT2D eigenvalue weighted by Crippen LogP contribution is 2.66. The van der Waals surface area contributed by atoms with Crippen LogP contribution < -0.4 is 11.2 Å². The lowest BCUT2D eigenvalue weighted by molar-refractivity contribution is -0.0273. The van der Waals surface area contributed by atoms with Crippen molar-refractivity contribution in [1.29, 1.82) is 0 Å². The quantitative estimate of drug-likeness (QED) is 0.139. The molecule has 0 spiro atoms. The van der Waals surface area contributed by atoms with Crippen LogP contribution in [-0.4, -0.2) is 47.5 Å². The molecule has 2 rings (SSSR count). The van der Waals surface area contributed by atoms with Crippen LogP contribution in [0.5, 0.6) is 0 Å². The molecule has 0 amide bonds.